The summed E-state index contributed by atoms with van der Waals surface area (Å²) in [5.74, 6) is 2.44. The van der Waals surface area contributed by atoms with E-state index in [2.05, 4.69) is 21.2 Å². The maximum absolute atomic E-state index is 13.4. The Kier molecular flexibility index (Phi) is 4.43. The molecular formula is C16H22BrFN2. The van der Waals surface area contributed by atoms with Crippen LogP contribution in [-0.4, -0.2) is 13.1 Å². The molecule has 0 saturated heterocycles. The summed E-state index contributed by atoms with van der Waals surface area (Å²) in [4.78, 5) is 0. The first-order chi connectivity index (χ1) is 9.69. The Balaban J connectivity index is 1.65. The van der Waals surface area contributed by atoms with Crippen LogP contribution in [0.5, 0.6) is 0 Å². The zero-order valence-electron chi connectivity index (χ0n) is 11.6. The molecule has 0 aliphatic heterocycles. The number of hydrogen-bond acceptors (Lipinski definition) is 2. The minimum Gasteiger partial charge on any atom is -0.329 e. The van der Waals surface area contributed by atoms with Gasteiger partial charge in [-0.2, -0.15) is 0 Å². The second-order valence-electron chi connectivity index (χ2n) is 6.20. The normalized spacial score (nSPS) is 20.4. The fourth-order valence-corrected chi connectivity index (χ4v) is 3.67. The molecule has 3 N–H and O–H groups in total. The van der Waals surface area contributed by atoms with Gasteiger partial charge in [0.05, 0.1) is 0 Å². The standard InChI is InChI=1S/C16H22BrFN2/c17-15-6-5-12(18)7-13(15)16(8-19)20-9-14(10-1-2-10)11-3-4-11/h5-7,10-11,14,16,20H,1-4,8-9,19H2. The van der Waals surface area contributed by atoms with E-state index in [9.17, 15) is 4.39 Å². The minimum absolute atomic E-state index is 0.0278. The van der Waals surface area contributed by atoms with Crippen LogP contribution in [-0.2, 0) is 0 Å². The number of halogens is 2. The predicted octanol–water partition coefficient (Wildman–Crippen LogP) is 3.61. The average molecular weight is 341 g/mol. The summed E-state index contributed by atoms with van der Waals surface area (Å²) in [7, 11) is 0. The Hall–Kier alpha value is -0.450. The molecule has 2 fully saturated rings. The molecule has 2 nitrogen and oxygen atoms in total. The molecule has 1 aromatic rings. The van der Waals surface area contributed by atoms with Gasteiger partial charge in [0, 0.05) is 17.1 Å². The fraction of sp³-hybridized carbons (Fsp3) is 0.625. The topological polar surface area (TPSA) is 38.0 Å². The van der Waals surface area contributed by atoms with E-state index in [4.69, 9.17) is 5.73 Å². The maximum atomic E-state index is 13.4. The van der Waals surface area contributed by atoms with Gasteiger partial charge in [-0.15, -0.1) is 0 Å². The zero-order chi connectivity index (χ0) is 14.1. The van der Waals surface area contributed by atoms with Crippen molar-refractivity contribution in [2.24, 2.45) is 23.5 Å². The summed E-state index contributed by atoms with van der Waals surface area (Å²) >= 11 is 3.50. The first-order valence-corrected chi connectivity index (χ1v) is 8.36. The van der Waals surface area contributed by atoms with Gasteiger partial charge in [0.1, 0.15) is 5.82 Å². The molecule has 2 aliphatic carbocycles. The van der Waals surface area contributed by atoms with Crippen molar-refractivity contribution in [2.45, 2.75) is 31.7 Å². The zero-order valence-corrected chi connectivity index (χ0v) is 13.2. The van der Waals surface area contributed by atoms with Gasteiger partial charge >= 0.3 is 0 Å². The van der Waals surface area contributed by atoms with Gasteiger partial charge in [-0.3, -0.25) is 0 Å². The van der Waals surface area contributed by atoms with E-state index in [0.717, 1.165) is 34.3 Å². The Morgan fingerprint density at radius 3 is 2.45 bits per heavy atom. The van der Waals surface area contributed by atoms with Crippen molar-refractivity contribution in [3.63, 3.8) is 0 Å². The molecular weight excluding hydrogens is 319 g/mol. The lowest BCUT2D eigenvalue weighted by atomic mass is 9.97. The highest BCUT2D eigenvalue weighted by atomic mass is 79.9. The van der Waals surface area contributed by atoms with Crippen molar-refractivity contribution in [3.05, 3.63) is 34.1 Å². The molecule has 0 bridgehead atoms. The van der Waals surface area contributed by atoms with E-state index < -0.39 is 0 Å². The Labute approximate surface area is 128 Å². The Bertz CT molecular complexity index is 460. The summed E-state index contributed by atoms with van der Waals surface area (Å²) in [6, 6.07) is 4.84. The average Bonchev–Trinajstić information content (AvgIpc) is 3.30. The summed E-state index contributed by atoms with van der Waals surface area (Å²) in [6.45, 7) is 1.50. The molecule has 0 aromatic heterocycles. The van der Waals surface area contributed by atoms with Crippen LogP contribution in [0.4, 0.5) is 4.39 Å². The van der Waals surface area contributed by atoms with Crippen LogP contribution in [0.1, 0.15) is 37.3 Å². The van der Waals surface area contributed by atoms with Crippen LogP contribution in [0.15, 0.2) is 22.7 Å². The van der Waals surface area contributed by atoms with Gasteiger partial charge in [0.2, 0.25) is 0 Å². The fourth-order valence-electron chi connectivity index (χ4n) is 3.15. The van der Waals surface area contributed by atoms with Crippen LogP contribution in [0, 0.1) is 23.6 Å². The summed E-state index contributed by atoms with van der Waals surface area (Å²) in [6.07, 6.45) is 5.55. The lowest BCUT2D eigenvalue weighted by Crippen LogP contribution is -2.33. The SMILES string of the molecule is NCC(NCC(C1CC1)C1CC1)c1cc(F)ccc1Br. The van der Waals surface area contributed by atoms with E-state index in [-0.39, 0.29) is 11.9 Å². The van der Waals surface area contributed by atoms with Crippen molar-refractivity contribution >= 4 is 15.9 Å². The molecule has 0 heterocycles. The number of nitrogens with one attached hydrogen (secondary N) is 1. The van der Waals surface area contributed by atoms with Gasteiger partial charge < -0.3 is 11.1 Å². The summed E-state index contributed by atoms with van der Waals surface area (Å²) < 4.78 is 14.4. The minimum atomic E-state index is -0.204. The van der Waals surface area contributed by atoms with Crippen molar-refractivity contribution in [3.8, 4) is 0 Å². The molecule has 0 radical (unpaired) electrons. The Morgan fingerprint density at radius 1 is 1.25 bits per heavy atom. The van der Waals surface area contributed by atoms with Crippen LogP contribution in [0.3, 0.4) is 0 Å². The number of nitrogens with two attached hydrogens (primary N) is 1. The number of rotatable bonds is 7. The highest BCUT2D eigenvalue weighted by Crippen LogP contribution is 2.49. The maximum Gasteiger partial charge on any atom is 0.123 e. The molecule has 3 rings (SSSR count). The van der Waals surface area contributed by atoms with Gasteiger partial charge in [-0.1, -0.05) is 15.9 Å². The lowest BCUT2D eigenvalue weighted by Gasteiger charge is -2.23. The quantitative estimate of drug-likeness (QED) is 0.795. The third-order valence-corrected chi connectivity index (χ3v) is 5.35. The molecule has 0 amide bonds. The monoisotopic (exact) mass is 340 g/mol. The van der Waals surface area contributed by atoms with Crippen LogP contribution < -0.4 is 11.1 Å². The van der Waals surface area contributed by atoms with Gasteiger partial charge in [-0.25, -0.2) is 4.39 Å². The Morgan fingerprint density at radius 2 is 1.90 bits per heavy atom. The lowest BCUT2D eigenvalue weighted by molar-refractivity contribution is 0.357. The highest BCUT2D eigenvalue weighted by molar-refractivity contribution is 9.10. The molecule has 1 unspecified atom stereocenters. The van der Waals surface area contributed by atoms with Gasteiger partial charge in [0.15, 0.2) is 0 Å². The van der Waals surface area contributed by atoms with Crippen molar-refractivity contribution in [1.82, 2.24) is 5.32 Å². The third-order valence-electron chi connectivity index (χ3n) is 4.62. The van der Waals surface area contributed by atoms with Crippen LogP contribution in [0.2, 0.25) is 0 Å². The van der Waals surface area contributed by atoms with Gasteiger partial charge in [-0.05, 0) is 73.7 Å². The van der Waals surface area contributed by atoms with E-state index >= 15 is 0 Å². The first kappa shape index (κ1) is 14.5. The molecule has 2 saturated carbocycles. The van der Waals surface area contributed by atoms with Crippen molar-refractivity contribution < 1.29 is 4.39 Å². The van der Waals surface area contributed by atoms with E-state index in [1.54, 1.807) is 12.1 Å². The molecule has 2 aliphatic rings. The second kappa shape index (κ2) is 6.12. The van der Waals surface area contributed by atoms with E-state index in [1.807, 2.05) is 0 Å². The summed E-state index contributed by atoms with van der Waals surface area (Å²) in [5.41, 5.74) is 6.82. The van der Waals surface area contributed by atoms with E-state index in [0.29, 0.717) is 6.54 Å². The number of benzene rings is 1. The predicted molar refractivity (Wildman–Crippen MR) is 82.8 cm³/mol. The smallest absolute Gasteiger partial charge is 0.123 e. The molecule has 1 atom stereocenters. The van der Waals surface area contributed by atoms with Crippen LogP contribution >= 0.6 is 15.9 Å². The summed E-state index contributed by atoms with van der Waals surface area (Å²) in [5, 5.41) is 3.57. The molecule has 110 valence electrons. The molecule has 1 aromatic carbocycles. The molecule has 0 spiro atoms. The second-order valence-corrected chi connectivity index (χ2v) is 7.06. The highest BCUT2D eigenvalue weighted by Gasteiger charge is 2.41. The largest absolute Gasteiger partial charge is 0.329 e. The molecule has 4 heteroatoms. The number of hydrogen-bond donors (Lipinski definition) is 2. The molecule has 20 heavy (non-hydrogen) atoms. The van der Waals surface area contributed by atoms with Gasteiger partial charge in [0.25, 0.3) is 0 Å². The van der Waals surface area contributed by atoms with Crippen molar-refractivity contribution in [2.75, 3.05) is 13.1 Å². The van der Waals surface area contributed by atoms with E-state index in [1.165, 1.54) is 31.7 Å². The van der Waals surface area contributed by atoms with Crippen molar-refractivity contribution in [1.29, 1.82) is 0 Å². The third kappa shape index (κ3) is 3.41. The first-order valence-electron chi connectivity index (χ1n) is 7.57. The van der Waals surface area contributed by atoms with Crippen LogP contribution in [0.25, 0.3) is 0 Å².